The van der Waals surface area contributed by atoms with Crippen LogP contribution < -0.4 is 4.74 Å². The van der Waals surface area contributed by atoms with Crippen LogP contribution in [0.25, 0.3) is 0 Å². The minimum absolute atomic E-state index is 0.255. The Hall–Kier alpha value is -1.07. The van der Waals surface area contributed by atoms with Gasteiger partial charge in [-0.15, -0.1) is 0 Å². The minimum Gasteiger partial charge on any atom is -0.494 e. The number of carboxylic acid groups (broad SMARTS) is 1. The van der Waals surface area contributed by atoms with Gasteiger partial charge in [0.1, 0.15) is 12.4 Å². The van der Waals surface area contributed by atoms with Gasteiger partial charge in [-0.25, -0.2) is 4.79 Å². The predicted molar refractivity (Wildman–Crippen MR) is 67.5 cm³/mol. The Morgan fingerprint density at radius 2 is 2.24 bits per heavy atom. The molecule has 0 amide bonds. The van der Waals surface area contributed by atoms with Crippen molar-refractivity contribution in [3.63, 3.8) is 0 Å². The number of ether oxygens (including phenoxy) is 2. The molecule has 0 spiro atoms. The Morgan fingerprint density at radius 1 is 1.47 bits per heavy atom. The van der Waals surface area contributed by atoms with Crippen LogP contribution in [-0.2, 0) is 16.0 Å². The van der Waals surface area contributed by atoms with Gasteiger partial charge in [-0.1, -0.05) is 22.0 Å². The summed E-state index contributed by atoms with van der Waals surface area (Å²) in [4.78, 5) is 10.2. The third-order valence-corrected chi connectivity index (χ3v) is 2.82. The fourth-order valence-electron chi connectivity index (χ4n) is 1.33. The molecule has 0 radical (unpaired) electrons. The number of benzene rings is 1. The summed E-state index contributed by atoms with van der Waals surface area (Å²) in [6.45, 7) is 2.70. The van der Waals surface area contributed by atoms with Crippen LogP contribution >= 0.6 is 15.9 Å². The van der Waals surface area contributed by atoms with Crippen molar-refractivity contribution < 1.29 is 19.4 Å². The number of hydrogen-bond donors (Lipinski definition) is 1. The molecule has 1 rings (SSSR count). The third kappa shape index (κ3) is 5.19. The molecule has 0 aliphatic heterocycles. The lowest BCUT2D eigenvalue weighted by Gasteiger charge is -2.08. The van der Waals surface area contributed by atoms with Crippen LogP contribution in [0.1, 0.15) is 12.5 Å². The molecule has 4 nitrogen and oxygen atoms in total. The normalized spacial score (nSPS) is 10.2. The highest BCUT2D eigenvalue weighted by Gasteiger charge is 2.03. The minimum atomic E-state index is -0.948. The second kappa shape index (κ2) is 7.29. The van der Waals surface area contributed by atoms with Gasteiger partial charge < -0.3 is 14.6 Å². The summed E-state index contributed by atoms with van der Waals surface area (Å²) in [6, 6.07) is 5.73. The van der Waals surface area contributed by atoms with Crippen molar-refractivity contribution in [1.29, 1.82) is 0 Å². The molecule has 0 heterocycles. The van der Waals surface area contributed by atoms with E-state index in [2.05, 4.69) is 15.9 Å². The van der Waals surface area contributed by atoms with Crippen molar-refractivity contribution in [3.8, 4) is 5.75 Å². The van der Waals surface area contributed by atoms with E-state index in [1.54, 1.807) is 0 Å². The second-order valence-electron chi connectivity index (χ2n) is 3.38. The van der Waals surface area contributed by atoms with Crippen LogP contribution in [0.3, 0.4) is 0 Å². The Morgan fingerprint density at radius 3 is 2.82 bits per heavy atom. The summed E-state index contributed by atoms with van der Waals surface area (Å²) in [5.41, 5.74) is 1.07. The highest BCUT2D eigenvalue weighted by molar-refractivity contribution is 9.10. The van der Waals surface area contributed by atoms with E-state index in [9.17, 15) is 4.79 Å². The molecule has 17 heavy (non-hydrogen) atoms. The first-order valence-corrected chi connectivity index (χ1v) is 6.13. The molecule has 0 aromatic heterocycles. The summed E-state index contributed by atoms with van der Waals surface area (Å²) < 4.78 is 11.3. The van der Waals surface area contributed by atoms with Gasteiger partial charge >= 0.3 is 5.97 Å². The van der Waals surface area contributed by atoms with Crippen molar-refractivity contribution in [2.45, 2.75) is 13.3 Å². The molecule has 0 fully saturated rings. The zero-order chi connectivity index (χ0) is 12.7. The number of carbonyl (C=O) groups is 1. The molecule has 0 saturated carbocycles. The van der Waals surface area contributed by atoms with E-state index >= 15 is 0 Å². The zero-order valence-corrected chi connectivity index (χ0v) is 11.2. The number of aliphatic carboxylic acids is 1. The largest absolute Gasteiger partial charge is 0.494 e. The van der Waals surface area contributed by atoms with E-state index in [1.165, 1.54) is 0 Å². The monoisotopic (exact) mass is 302 g/mol. The molecule has 0 saturated heterocycles. The molecule has 1 aromatic carbocycles. The zero-order valence-electron chi connectivity index (χ0n) is 9.61. The van der Waals surface area contributed by atoms with Gasteiger partial charge in [0.05, 0.1) is 13.2 Å². The topological polar surface area (TPSA) is 55.8 Å². The second-order valence-corrected chi connectivity index (χ2v) is 4.24. The Labute approximate surface area is 109 Å². The molecular formula is C12H15BrO4. The quantitative estimate of drug-likeness (QED) is 0.786. The summed E-state index contributed by atoms with van der Waals surface area (Å²) in [7, 11) is 0. The van der Waals surface area contributed by atoms with Crippen LogP contribution in [0, 0.1) is 0 Å². The lowest BCUT2D eigenvalue weighted by molar-refractivity contribution is -0.142. The van der Waals surface area contributed by atoms with Gasteiger partial charge in [-0.05, 0) is 31.0 Å². The van der Waals surface area contributed by atoms with E-state index in [4.69, 9.17) is 14.6 Å². The van der Waals surface area contributed by atoms with Crippen molar-refractivity contribution >= 4 is 21.9 Å². The Bertz CT molecular complexity index is 379. The Balaban J connectivity index is 2.45. The van der Waals surface area contributed by atoms with E-state index in [1.807, 2.05) is 25.1 Å². The van der Waals surface area contributed by atoms with Crippen LogP contribution in [0.5, 0.6) is 5.75 Å². The first-order chi connectivity index (χ1) is 8.13. The highest BCUT2D eigenvalue weighted by Crippen LogP contribution is 2.23. The fourth-order valence-corrected chi connectivity index (χ4v) is 1.88. The molecule has 0 bridgehead atoms. The van der Waals surface area contributed by atoms with Crippen molar-refractivity contribution in [1.82, 2.24) is 0 Å². The van der Waals surface area contributed by atoms with Gasteiger partial charge in [0.2, 0.25) is 0 Å². The predicted octanol–water partition coefficient (Wildman–Crippen LogP) is 2.49. The van der Waals surface area contributed by atoms with Crippen molar-refractivity contribution in [2.24, 2.45) is 0 Å². The maximum absolute atomic E-state index is 10.2. The van der Waals surface area contributed by atoms with Crippen molar-refractivity contribution in [3.05, 3.63) is 28.2 Å². The number of hydrogen-bond acceptors (Lipinski definition) is 3. The maximum atomic E-state index is 10.2. The molecule has 0 unspecified atom stereocenters. The third-order valence-electron chi connectivity index (χ3n) is 2.08. The summed E-state index contributed by atoms with van der Waals surface area (Å²) in [5.74, 6) is -0.134. The SMILES string of the molecule is CCOc1ccc(CCOCC(=O)O)c(Br)c1. The van der Waals surface area contributed by atoms with E-state index in [0.717, 1.165) is 15.8 Å². The lowest BCUT2D eigenvalue weighted by Crippen LogP contribution is -2.09. The number of halogens is 1. The molecule has 94 valence electrons. The molecule has 0 aliphatic rings. The first-order valence-electron chi connectivity index (χ1n) is 5.34. The maximum Gasteiger partial charge on any atom is 0.329 e. The Kier molecular flexibility index (Phi) is 6.00. The average molecular weight is 303 g/mol. The van der Waals surface area contributed by atoms with Gasteiger partial charge in [0, 0.05) is 4.47 Å². The first kappa shape index (κ1) is 14.0. The average Bonchev–Trinajstić information content (AvgIpc) is 2.27. The van der Waals surface area contributed by atoms with Crippen molar-refractivity contribution in [2.75, 3.05) is 19.8 Å². The summed E-state index contributed by atoms with van der Waals surface area (Å²) in [6.07, 6.45) is 0.667. The summed E-state index contributed by atoms with van der Waals surface area (Å²) >= 11 is 3.45. The molecule has 5 heteroatoms. The molecule has 0 atom stereocenters. The van der Waals surface area contributed by atoms with E-state index < -0.39 is 5.97 Å². The molecule has 1 aromatic rings. The van der Waals surface area contributed by atoms with Crippen LogP contribution in [0.2, 0.25) is 0 Å². The van der Waals surface area contributed by atoms with Crippen LogP contribution in [-0.4, -0.2) is 30.9 Å². The molecule has 0 aliphatic carbocycles. The van der Waals surface area contributed by atoms with Gasteiger partial charge in [-0.3, -0.25) is 0 Å². The molecule has 1 N–H and O–H groups in total. The highest BCUT2D eigenvalue weighted by atomic mass is 79.9. The lowest BCUT2D eigenvalue weighted by atomic mass is 10.1. The van der Waals surface area contributed by atoms with E-state index in [-0.39, 0.29) is 6.61 Å². The van der Waals surface area contributed by atoms with E-state index in [0.29, 0.717) is 19.6 Å². The van der Waals surface area contributed by atoms with Gasteiger partial charge in [-0.2, -0.15) is 0 Å². The standard InChI is InChI=1S/C12H15BrO4/c1-2-17-10-4-3-9(11(13)7-10)5-6-16-8-12(14)15/h3-4,7H,2,5-6,8H2,1H3,(H,14,15). The number of rotatable bonds is 7. The molecular weight excluding hydrogens is 288 g/mol. The summed E-state index contributed by atoms with van der Waals surface area (Å²) in [5, 5.41) is 8.41. The van der Waals surface area contributed by atoms with Crippen LogP contribution in [0.4, 0.5) is 0 Å². The van der Waals surface area contributed by atoms with Crippen LogP contribution in [0.15, 0.2) is 22.7 Å². The fraction of sp³-hybridized carbons (Fsp3) is 0.417. The van der Waals surface area contributed by atoms with Gasteiger partial charge in [0.25, 0.3) is 0 Å². The van der Waals surface area contributed by atoms with Gasteiger partial charge in [0.15, 0.2) is 0 Å². The number of carboxylic acids is 1. The smallest absolute Gasteiger partial charge is 0.329 e.